The molecule has 0 spiro atoms. The minimum atomic E-state index is -1.07. The minimum absolute atomic E-state index is 0.0672. The summed E-state index contributed by atoms with van der Waals surface area (Å²) >= 11 is 5.55. The quantitative estimate of drug-likeness (QED) is 0.390. The van der Waals surface area contributed by atoms with Crippen molar-refractivity contribution in [2.75, 3.05) is 19.1 Å². The normalized spacial score (nSPS) is 27.8. The van der Waals surface area contributed by atoms with Gasteiger partial charge in [-0.05, 0) is 0 Å². The molecule has 0 bridgehead atoms. The molecule has 1 saturated heterocycles. The Morgan fingerprint density at radius 3 is 2.05 bits per heavy atom. The van der Waals surface area contributed by atoms with Gasteiger partial charge in [-0.1, -0.05) is 0 Å². The molecule has 4 atom stereocenters. The lowest BCUT2D eigenvalue weighted by Crippen LogP contribution is -2.58. The SMILES string of the molecule is CC(=O)O[C@@H]1[C@@H](OC(C)=O)[C@@H](OCCCl)OC[C@@H]1OC(C)=O. The van der Waals surface area contributed by atoms with E-state index in [1.54, 1.807) is 0 Å². The van der Waals surface area contributed by atoms with Crippen molar-refractivity contribution in [1.82, 2.24) is 0 Å². The van der Waals surface area contributed by atoms with Crippen molar-refractivity contribution in [3.05, 3.63) is 0 Å². The molecule has 1 fully saturated rings. The van der Waals surface area contributed by atoms with Crippen molar-refractivity contribution in [2.45, 2.75) is 45.4 Å². The van der Waals surface area contributed by atoms with Crippen molar-refractivity contribution in [2.24, 2.45) is 0 Å². The fourth-order valence-electron chi connectivity index (χ4n) is 2.01. The molecule has 0 aromatic rings. The number of carbonyl (C=O) groups excluding carboxylic acids is 3. The Bertz CT molecular complexity index is 413. The zero-order valence-corrected chi connectivity index (χ0v) is 13.3. The van der Waals surface area contributed by atoms with Gasteiger partial charge in [-0.25, -0.2) is 0 Å². The molecule has 22 heavy (non-hydrogen) atoms. The van der Waals surface area contributed by atoms with E-state index in [4.69, 9.17) is 35.3 Å². The van der Waals surface area contributed by atoms with E-state index in [9.17, 15) is 14.4 Å². The summed E-state index contributed by atoms with van der Waals surface area (Å²) in [5.74, 6) is -1.60. The largest absolute Gasteiger partial charge is 0.456 e. The molecule has 0 aliphatic carbocycles. The third-order valence-corrected chi connectivity index (χ3v) is 2.82. The van der Waals surface area contributed by atoms with Crippen LogP contribution in [-0.2, 0) is 38.1 Å². The Morgan fingerprint density at radius 2 is 1.55 bits per heavy atom. The second kappa shape index (κ2) is 8.92. The number of hydrogen-bond donors (Lipinski definition) is 0. The molecule has 1 aliphatic rings. The van der Waals surface area contributed by atoms with Crippen LogP contribution in [0.2, 0.25) is 0 Å². The molecule has 9 heteroatoms. The van der Waals surface area contributed by atoms with E-state index in [0.29, 0.717) is 0 Å². The predicted octanol–water partition coefficient (Wildman–Crippen LogP) is 0.393. The molecular weight excluding hydrogens is 320 g/mol. The van der Waals surface area contributed by atoms with Gasteiger partial charge in [-0.15, -0.1) is 11.6 Å². The Kier molecular flexibility index (Phi) is 7.57. The van der Waals surface area contributed by atoms with Gasteiger partial charge in [0.05, 0.1) is 13.2 Å². The molecular formula is C13H19ClO8. The number of ether oxygens (including phenoxy) is 5. The molecule has 0 aromatic heterocycles. The fourth-order valence-corrected chi connectivity index (χ4v) is 2.10. The van der Waals surface area contributed by atoms with Gasteiger partial charge in [-0.3, -0.25) is 14.4 Å². The van der Waals surface area contributed by atoms with Gasteiger partial charge >= 0.3 is 17.9 Å². The zero-order chi connectivity index (χ0) is 16.7. The highest BCUT2D eigenvalue weighted by molar-refractivity contribution is 6.17. The molecule has 0 radical (unpaired) electrons. The molecule has 0 unspecified atom stereocenters. The Balaban J connectivity index is 2.95. The van der Waals surface area contributed by atoms with E-state index in [0.717, 1.165) is 0 Å². The van der Waals surface area contributed by atoms with Crippen LogP contribution in [0.1, 0.15) is 20.8 Å². The van der Waals surface area contributed by atoms with E-state index in [1.807, 2.05) is 0 Å². The summed E-state index contributed by atoms with van der Waals surface area (Å²) in [5.41, 5.74) is 0. The lowest BCUT2D eigenvalue weighted by atomic mass is 10.0. The molecule has 8 nitrogen and oxygen atoms in total. The number of halogens is 1. The van der Waals surface area contributed by atoms with E-state index >= 15 is 0 Å². The number of hydrogen-bond acceptors (Lipinski definition) is 8. The smallest absolute Gasteiger partial charge is 0.303 e. The lowest BCUT2D eigenvalue weighted by molar-refractivity contribution is -0.279. The van der Waals surface area contributed by atoms with Crippen molar-refractivity contribution in [3.63, 3.8) is 0 Å². The molecule has 0 amide bonds. The van der Waals surface area contributed by atoms with Gasteiger partial charge < -0.3 is 23.7 Å². The van der Waals surface area contributed by atoms with Crippen molar-refractivity contribution in [1.29, 1.82) is 0 Å². The summed E-state index contributed by atoms with van der Waals surface area (Å²) in [6, 6.07) is 0. The van der Waals surface area contributed by atoms with Crippen LogP contribution in [0.5, 0.6) is 0 Å². The summed E-state index contributed by atoms with van der Waals surface area (Å²) < 4.78 is 26.1. The van der Waals surface area contributed by atoms with Gasteiger partial charge in [-0.2, -0.15) is 0 Å². The van der Waals surface area contributed by atoms with Gasteiger partial charge in [0.25, 0.3) is 0 Å². The zero-order valence-electron chi connectivity index (χ0n) is 12.6. The highest BCUT2D eigenvalue weighted by Crippen LogP contribution is 2.25. The third-order valence-electron chi connectivity index (χ3n) is 2.66. The summed E-state index contributed by atoms with van der Waals surface area (Å²) in [5, 5.41) is 0. The van der Waals surface area contributed by atoms with E-state index < -0.39 is 42.5 Å². The van der Waals surface area contributed by atoms with Crippen molar-refractivity contribution >= 4 is 29.5 Å². The Morgan fingerprint density at radius 1 is 1.00 bits per heavy atom. The minimum Gasteiger partial charge on any atom is -0.456 e. The summed E-state index contributed by atoms with van der Waals surface area (Å²) in [6.07, 6.45) is -3.97. The maximum atomic E-state index is 11.3. The van der Waals surface area contributed by atoms with Crippen LogP contribution in [0, 0.1) is 0 Å². The third kappa shape index (κ3) is 5.78. The van der Waals surface area contributed by atoms with Crippen LogP contribution in [0.3, 0.4) is 0 Å². The van der Waals surface area contributed by atoms with E-state index in [1.165, 1.54) is 20.8 Å². The molecule has 1 heterocycles. The number of rotatable bonds is 6. The maximum absolute atomic E-state index is 11.3. The first kappa shape index (κ1) is 18.7. The molecule has 0 aromatic carbocycles. The predicted molar refractivity (Wildman–Crippen MR) is 73.1 cm³/mol. The summed E-state index contributed by atoms with van der Waals surface area (Å²) in [6.45, 7) is 3.68. The topological polar surface area (TPSA) is 97.4 Å². The summed E-state index contributed by atoms with van der Waals surface area (Å²) in [4.78, 5) is 33.7. The molecule has 1 rings (SSSR count). The first-order chi connectivity index (χ1) is 10.3. The standard InChI is InChI=1S/C13H19ClO8/c1-7(15)20-10-6-19-13(18-5-4-14)12(22-9(3)17)11(10)21-8(2)16/h10-13H,4-6H2,1-3H3/t10-,11-,12+,13-/m0/s1. The Hall–Kier alpha value is -1.38. The lowest BCUT2D eigenvalue weighted by Gasteiger charge is -2.40. The van der Waals surface area contributed by atoms with Gasteiger partial charge in [0.15, 0.2) is 24.6 Å². The van der Waals surface area contributed by atoms with E-state index in [2.05, 4.69) is 0 Å². The van der Waals surface area contributed by atoms with Crippen LogP contribution in [-0.4, -0.2) is 61.6 Å². The van der Waals surface area contributed by atoms with Crippen LogP contribution in [0.25, 0.3) is 0 Å². The fraction of sp³-hybridized carbons (Fsp3) is 0.769. The molecule has 1 aliphatic heterocycles. The summed E-state index contributed by atoms with van der Waals surface area (Å²) in [7, 11) is 0. The van der Waals surface area contributed by atoms with Crippen LogP contribution in [0.15, 0.2) is 0 Å². The van der Waals surface area contributed by atoms with Gasteiger partial charge in [0, 0.05) is 26.7 Å². The highest BCUT2D eigenvalue weighted by Gasteiger charge is 2.47. The first-order valence-corrected chi connectivity index (χ1v) is 7.19. The van der Waals surface area contributed by atoms with Crippen LogP contribution < -0.4 is 0 Å². The second-order valence-corrected chi connectivity index (χ2v) is 4.94. The number of carbonyl (C=O) groups is 3. The van der Waals surface area contributed by atoms with Gasteiger partial charge in [0.1, 0.15) is 0 Å². The average molecular weight is 339 g/mol. The van der Waals surface area contributed by atoms with Crippen molar-refractivity contribution < 1.29 is 38.1 Å². The Labute approximate surface area is 132 Å². The van der Waals surface area contributed by atoms with Gasteiger partial charge in [0.2, 0.25) is 0 Å². The van der Waals surface area contributed by atoms with E-state index in [-0.39, 0.29) is 19.1 Å². The number of alkyl halides is 1. The first-order valence-electron chi connectivity index (χ1n) is 6.66. The number of esters is 3. The average Bonchev–Trinajstić information content (AvgIpc) is 2.40. The van der Waals surface area contributed by atoms with Crippen molar-refractivity contribution in [3.8, 4) is 0 Å². The maximum Gasteiger partial charge on any atom is 0.303 e. The monoisotopic (exact) mass is 338 g/mol. The molecule has 0 N–H and O–H groups in total. The van der Waals surface area contributed by atoms with Crippen LogP contribution >= 0.6 is 11.6 Å². The highest BCUT2D eigenvalue weighted by atomic mass is 35.5. The second-order valence-electron chi connectivity index (χ2n) is 4.56. The van der Waals surface area contributed by atoms with Crippen LogP contribution in [0.4, 0.5) is 0 Å². The molecule has 0 saturated carbocycles. The molecule has 126 valence electrons.